The van der Waals surface area contributed by atoms with E-state index < -0.39 is 11.2 Å². The third-order valence-corrected chi connectivity index (χ3v) is 5.09. The second-order valence-corrected chi connectivity index (χ2v) is 6.86. The molecule has 8 nitrogen and oxygen atoms in total. The Morgan fingerprint density at radius 3 is 2.67 bits per heavy atom. The van der Waals surface area contributed by atoms with Crippen molar-refractivity contribution in [3.8, 4) is 0 Å². The van der Waals surface area contributed by atoms with Crippen LogP contribution in [0, 0.1) is 20.8 Å². The molecule has 0 aliphatic heterocycles. The lowest BCUT2D eigenvalue weighted by atomic mass is 10.2. The van der Waals surface area contributed by atoms with E-state index in [9.17, 15) is 9.59 Å². The molecule has 0 bridgehead atoms. The highest BCUT2D eigenvalue weighted by molar-refractivity contribution is 5.76. The Morgan fingerprint density at radius 2 is 1.93 bits per heavy atom. The van der Waals surface area contributed by atoms with Crippen LogP contribution in [0.5, 0.6) is 0 Å². The Hall–Kier alpha value is -3.29. The molecular weight excluding hydrogens is 344 g/mol. The second-order valence-electron chi connectivity index (χ2n) is 6.86. The standard InChI is InChI=1S/C19H22N6O2/c1-11-6-5-7-14(10-11)20-8-9-24-12(2)13(3)25-15-16(21-18(24)25)23(4)19(27)22-17(15)26/h5-7,10,20H,8-9H2,1-4H3,(H,22,26,27). The van der Waals surface area contributed by atoms with Crippen molar-refractivity contribution in [1.82, 2.24) is 23.5 Å². The largest absolute Gasteiger partial charge is 0.383 e. The van der Waals surface area contributed by atoms with Gasteiger partial charge in [-0.15, -0.1) is 0 Å². The van der Waals surface area contributed by atoms with E-state index in [1.165, 1.54) is 10.1 Å². The van der Waals surface area contributed by atoms with E-state index in [4.69, 9.17) is 0 Å². The molecular formula is C19H22N6O2. The quantitative estimate of drug-likeness (QED) is 0.575. The molecule has 140 valence electrons. The van der Waals surface area contributed by atoms with Gasteiger partial charge in [0.15, 0.2) is 11.2 Å². The van der Waals surface area contributed by atoms with Crippen LogP contribution in [0.2, 0.25) is 0 Å². The van der Waals surface area contributed by atoms with Gasteiger partial charge in [0.2, 0.25) is 5.78 Å². The van der Waals surface area contributed by atoms with Crippen LogP contribution in [0.4, 0.5) is 5.69 Å². The average molecular weight is 366 g/mol. The van der Waals surface area contributed by atoms with Crippen molar-refractivity contribution in [2.24, 2.45) is 7.05 Å². The normalized spacial score (nSPS) is 11.6. The zero-order valence-electron chi connectivity index (χ0n) is 15.8. The van der Waals surface area contributed by atoms with Gasteiger partial charge in [-0.05, 0) is 38.5 Å². The Morgan fingerprint density at radius 1 is 1.15 bits per heavy atom. The topological polar surface area (TPSA) is 89.1 Å². The van der Waals surface area contributed by atoms with Crippen molar-refractivity contribution in [1.29, 1.82) is 0 Å². The van der Waals surface area contributed by atoms with E-state index in [0.29, 0.717) is 30.0 Å². The molecule has 4 aromatic rings. The molecule has 3 aromatic heterocycles. The lowest BCUT2D eigenvalue weighted by Gasteiger charge is -2.09. The summed E-state index contributed by atoms with van der Waals surface area (Å²) in [6.45, 7) is 7.43. The number of aryl methyl sites for hydroxylation is 3. The van der Waals surface area contributed by atoms with Crippen molar-refractivity contribution in [2.75, 3.05) is 11.9 Å². The van der Waals surface area contributed by atoms with E-state index in [1.54, 1.807) is 7.05 Å². The van der Waals surface area contributed by atoms with E-state index in [-0.39, 0.29) is 0 Å². The molecule has 27 heavy (non-hydrogen) atoms. The van der Waals surface area contributed by atoms with Crippen LogP contribution in [0.3, 0.4) is 0 Å². The summed E-state index contributed by atoms with van der Waals surface area (Å²) in [4.78, 5) is 31.2. The lowest BCUT2D eigenvalue weighted by molar-refractivity contribution is 0.722. The monoisotopic (exact) mass is 366 g/mol. The van der Waals surface area contributed by atoms with Crippen LogP contribution in [-0.2, 0) is 13.6 Å². The van der Waals surface area contributed by atoms with Gasteiger partial charge in [0.25, 0.3) is 5.56 Å². The third kappa shape index (κ3) is 2.64. The molecule has 0 saturated heterocycles. The Bertz CT molecular complexity index is 1290. The summed E-state index contributed by atoms with van der Waals surface area (Å²) in [5, 5.41) is 3.42. The first-order valence-corrected chi connectivity index (χ1v) is 8.86. The number of benzene rings is 1. The van der Waals surface area contributed by atoms with Crippen LogP contribution >= 0.6 is 0 Å². The van der Waals surface area contributed by atoms with Gasteiger partial charge < -0.3 is 9.88 Å². The van der Waals surface area contributed by atoms with Gasteiger partial charge in [-0.2, -0.15) is 4.98 Å². The van der Waals surface area contributed by atoms with Gasteiger partial charge >= 0.3 is 5.69 Å². The molecule has 2 N–H and O–H groups in total. The fraction of sp³-hybridized carbons (Fsp3) is 0.316. The highest BCUT2D eigenvalue weighted by Crippen LogP contribution is 2.20. The first kappa shape index (κ1) is 17.1. The van der Waals surface area contributed by atoms with Gasteiger partial charge in [-0.25, -0.2) is 4.79 Å². The van der Waals surface area contributed by atoms with E-state index in [2.05, 4.69) is 38.9 Å². The first-order valence-electron chi connectivity index (χ1n) is 8.86. The third-order valence-electron chi connectivity index (χ3n) is 5.09. The van der Waals surface area contributed by atoms with Crippen molar-refractivity contribution >= 4 is 22.6 Å². The number of aromatic nitrogens is 5. The predicted molar refractivity (Wildman–Crippen MR) is 106 cm³/mol. The molecule has 0 atom stereocenters. The van der Waals surface area contributed by atoms with Crippen LogP contribution in [0.25, 0.3) is 16.9 Å². The number of aromatic amines is 1. The second kappa shape index (κ2) is 6.15. The summed E-state index contributed by atoms with van der Waals surface area (Å²) in [7, 11) is 1.61. The number of hydrogen-bond donors (Lipinski definition) is 2. The van der Waals surface area contributed by atoms with E-state index in [1.807, 2.05) is 30.4 Å². The first-order chi connectivity index (χ1) is 12.9. The Kier molecular flexibility index (Phi) is 3.91. The number of rotatable bonds is 4. The summed E-state index contributed by atoms with van der Waals surface area (Å²) in [5.41, 5.74) is 4.16. The zero-order chi connectivity index (χ0) is 19.3. The minimum atomic E-state index is -0.463. The summed E-state index contributed by atoms with van der Waals surface area (Å²) in [6.07, 6.45) is 0. The van der Waals surface area contributed by atoms with Crippen molar-refractivity contribution in [3.05, 3.63) is 62.1 Å². The average Bonchev–Trinajstić information content (AvgIpc) is 3.12. The van der Waals surface area contributed by atoms with Gasteiger partial charge in [-0.3, -0.25) is 18.7 Å². The highest BCUT2D eigenvalue weighted by Gasteiger charge is 2.20. The Labute approximate surface area is 155 Å². The van der Waals surface area contributed by atoms with Gasteiger partial charge in [0.1, 0.15) is 0 Å². The molecule has 0 radical (unpaired) electrons. The highest BCUT2D eigenvalue weighted by atomic mass is 16.2. The molecule has 3 heterocycles. The number of imidazole rings is 2. The lowest BCUT2D eigenvalue weighted by Crippen LogP contribution is -2.28. The predicted octanol–water partition coefficient (Wildman–Crippen LogP) is 1.71. The molecule has 1 aromatic carbocycles. The molecule has 0 aliphatic rings. The van der Waals surface area contributed by atoms with Gasteiger partial charge in [0, 0.05) is 37.2 Å². The molecule has 4 rings (SSSR count). The van der Waals surface area contributed by atoms with Crippen molar-refractivity contribution < 1.29 is 0 Å². The van der Waals surface area contributed by atoms with E-state index in [0.717, 1.165) is 17.1 Å². The molecule has 0 spiro atoms. The molecule has 8 heteroatoms. The Balaban J connectivity index is 1.77. The summed E-state index contributed by atoms with van der Waals surface area (Å²) in [5.74, 6) is 0.665. The molecule has 0 fully saturated rings. The number of anilines is 1. The molecule has 0 unspecified atom stereocenters. The van der Waals surface area contributed by atoms with Crippen LogP contribution < -0.4 is 16.6 Å². The zero-order valence-corrected chi connectivity index (χ0v) is 15.8. The molecule has 0 amide bonds. The minimum absolute atomic E-state index is 0.391. The van der Waals surface area contributed by atoms with Gasteiger partial charge in [0.05, 0.1) is 0 Å². The van der Waals surface area contributed by atoms with E-state index >= 15 is 0 Å². The van der Waals surface area contributed by atoms with Crippen molar-refractivity contribution in [3.63, 3.8) is 0 Å². The van der Waals surface area contributed by atoms with Crippen LogP contribution in [0.15, 0.2) is 33.9 Å². The van der Waals surface area contributed by atoms with Crippen LogP contribution in [0.1, 0.15) is 17.0 Å². The number of H-pyrrole nitrogens is 1. The summed E-state index contributed by atoms with van der Waals surface area (Å²) < 4.78 is 5.27. The molecule has 0 aliphatic carbocycles. The maximum Gasteiger partial charge on any atom is 0.329 e. The smallest absolute Gasteiger partial charge is 0.329 e. The fourth-order valence-electron chi connectivity index (χ4n) is 3.51. The number of fused-ring (bicyclic) bond motifs is 3. The number of nitrogens with one attached hydrogen (secondary N) is 2. The summed E-state index contributed by atoms with van der Waals surface area (Å²) in [6, 6.07) is 8.22. The maximum absolute atomic E-state index is 12.4. The SMILES string of the molecule is Cc1cccc(NCCn2c(C)c(C)n3c4c(=O)[nH]c(=O)n(C)c4nc23)c1. The summed E-state index contributed by atoms with van der Waals surface area (Å²) >= 11 is 0. The molecule has 0 saturated carbocycles. The van der Waals surface area contributed by atoms with Gasteiger partial charge in [-0.1, -0.05) is 12.1 Å². The fourth-order valence-corrected chi connectivity index (χ4v) is 3.51. The maximum atomic E-state index is 12.4. The van der Waals surface area contributed by atoms with Crippen LogP contribution in [-0.4, -0.2) is 30.0 Å². The van der Waals surface area contributed by atoms with Crippen molar-refractivity contribution in [2.45, 2.75) is 27.3 Å². The minimum Gasteiger partial charge on any atom is -0.383 e. The number of nitrogens with zero attached hydrogens (tertiary/aromatic N) is 4. The number of hydrogen-bond acceptors (Lipinski definition) is 4.